The first-order chi connectivity index (χ1) is 4.41. The zero-order valence-electron chi connectivity index (χ0n) is 4.50. The summed E-state index contributed by atoms with van der Waals surface area (Å²) in [5, 5.41) is 25.8. The van der Waals surface area contributed by atoms with Gasteiger partial charge in [-0.05, 0) is 0 Å². The molecule has 0 aliphatic heterocycles. The van der Waals surface area contributed by atoms with Gasteiger partial charge in [-0.2, -0.15) is 5.26 Å². The van der Waals surface area contributed by atoms with Crippen LogP contribution in [-0.2, 0) is 19.5 Å². The minimum atomic E-state index is 0. The van der Waals surface area contributed by atoms with Gasteiger partial charge in [0.2, 0.25) is 0 Å². The Labute approximate surface area is 77.6 Å². The number of hydrogen-bond donors (Lipinski definition) is 0. The molecule has 52 valence electrons. The molecule has 0 aliphatic carbocycles. The predicted molar refractivity (Wildman–Crippen MR) is 26.4 cm³/mol. The van der Waals surface area contributed by atoms with Gasteiger partial charge in [-0.25, -0.2) is 0 Å². The molecule has 0 radical (unpaired) electrons. The molecule has 0 aromatic heterocycles. The first-order valence-electron chi connectivity index (χ1n) is 1.08. The maximum Gasteiger partial charge on any atom is 3.00 e. The van der Waals surface area contributed by atoms with E-state index >= 15 is 0 Å². The standard InChI is InChI=1S/CClN.3CN.Rh/c2-1-3;3*1-2;/q;3*-1;+3. The van der Waals surface area contributed by atoms with Crippen LogP contribution in [0.2, 0.25) is 0 Å². The quantitative estimate of drug-likeness (QED) is 0.467. The maximum atomic E-state index is 7.08. The molecule has 0 N–H and O–H groups in total. The van der Waals surface area contributed by atoms with Crippen LogP contribution in [0.25, 0.3) is 0 Å². The second-order valence-electron chi connectivity index (χ2n) is 0.0845. The van der Waals surface area contributed by atoms with Crippen LogP contribution in [0.5, 0.6) is 0 Å². The molecule has 0 amide bonds. The molecule has 0 aliphatic rings. The molecule has 10 heavy (non-hydrogen) atoms. The van der Waals surface area contributed by atoms with Crippen molar-refractivity contribution in [1.29, 1.82) is 21.0 Å². The van der Waals surface area contributed by atoms with Gasteiger partial charge in [0.25, 0.3) is 0 Å². The molecule has 4 nitrogen and oxygen atoms in total. The smallest absolute Gasteiger partial charge is 0.512 e. The zero-order chi connectivity index (χ0) is 8.71. The maximum absolute atomic E-state index is 7.08. The molecule has 0 atom stereocenters. The molecular formula is C4ClN4Rh. The van der Waals surface area contributed by atoms with Gasteiger partial charge in [0.1, 0.15) is 0 Å². The topological polar surface area (TPSA) is 95.2 Å². The molecule has 0 unspecified atom stereocenters. The van der Waals surface area contributed by atoms with Gasteiger partial charge >= 0.3 is 19.5 Å². The van der Waals surface area contributed by atoms with Crippen molar-refractivity contribution in [2.75, 3.05) is 0 Å². The van der Waals surface area contributed by atoms with Crippen LogP contribution in [0.1, 0.15) is 0 Å². The number of rotatable bonds is 0. The monoisotopic (exact) mass is 242 g/mol. The van der Waals surface area contributed by atoms with Crippen LogP contribution < -0.4 is 0 Å². The second kappa shape index (κ2) is 23200. The minimum absolute atomic E-state index is 0. The van der Waals surface area contributed by atoms with E-state index < -0.39 is 0 Å². The molecule has 0 bridgehead atoms. The Morgan fingerprint density at radius 2 is 0.900 bits per heavy atom. The Hall–Kier alpha value is -1.13. The minimum Gasteiger partial charge on any atom is -0.512 e. The summed E-state index contributed by atoms with van der Waals surface area (Å²) in [6, 6.07) is 0. The average molecular weight is 242 g/mol. The second-order valence-corrected chi connectivity index (χ2v) is 0.254. The number of nitriles is 1. The third-order valence-electron chi connectivity index (χ3n) is 0. The fraction of sp³-hybridized carbons (Fsp3) is 0. The van der Waals surface area contributed by atoms with Gasteiger partial charge in [0.05, 0.1) is 0 Å². The predicted octanol–water partition coefficient (Wildman–Crippen LogP) is 0.993. The van der Waals surface area contributed by atoms with Gasteiger partial charge in [-0.15, -0.1) is 0 Å². The van der Waals surface area contributed by atoms with E-state index in [9.17, 15) is 0 Å². The van der Waals surface area contributed by atoms with Crippen molar-refractivity contribution < 1.29 is 19.5 Å². The summed E-state index contributed by atoms with van der Waals surface area (Å²) in [6.07, 6.45) is 0. The fourth-order valence-electron chi connectivity index (χ4n) is 0. The van der Waals surface area contributed by atoms with Crippen molar-refractivity contribution in [2.45, 2.75) is 0 Å². The molecule has 0 saturated heterocycles. The first-order valence-corrected chi connectivity index (χ1v) is 1.46. The SMILES string of the molecule is N#CCl.[C-]#N.[C-]#N.[C-]#N.[Rh+3]. The summed E-state index contributed by atoms with van der Waals surface area (Å²) >= 11 is 4.30. The van der Waals surface area contributed by atoms with Crippen molar-refractivity contribution in [3.63, 3.8) is 0 Å². The molecule has 6 heteroatoms. The van der Waals surface area contributed by atoms with E-state index in [-0.39, 0.29) is 19.5 Å². The van der Waals surface area contributed by atoms with Gasteiger partial charge in [0, 0.05) is 11.6 Å². The van der Waals surface area contributed by atoms with Gasteiger partial charge in [0.15, 0.2) is 5.53 Å². The molecule has 0 saturated carbocycles. The van der Waals surface area contributed by atoms with Crippen molar-refractivity contribution in [3.05, 3.63) is 19.7 Å². The Balaban J connectivity index is -0.0000000110. The van der Waals surface area contributed by atoms with Gasteiger partial charge in [-0.1, -0.05) is 0 Å². The van der Waals surface area contributed by atoms with Crippen LogP contribution >= 0.6 is 11.6 Å². The zero-order valence-corrected chi connectivity index (χ0v) is 6.89. The van der Waals surface area contributed by atoms with Crippen molar-refractivity contribution in [2.24, 2.45) is 0 Å². The molecule has 0 aromatic rings. The van der Waals surface area contributed by atoms with E-state index in [4.69, 9.17) is 40.8 Å². The number of hydrogen-bond acceptors (Lipinski definition) is 4. The summed E-state index contributed by atoms with van der Waals surface area (Å²) < 4.78 is 0. The molecule has 0 rings (SSSR count). The van der Waals surface area contributed by atoms with Crippen LogP contribution in [0, 0.1) is 46.3 Å². The van der Waals surface area contributed by atoms with Crippen molar-refractivity contribution in [3.8, 4) is 5.53 Å². The molecule has 0 heterocycles. The normalized spacial score (nSPS) is 1.40. The van der Waals surface area contributed by atoms with E-state index in [0.29, 0.717) is 0 Å². The molecule has 0 spiro atoms. The van der Waals surface area contributed by atoms with Crippen LogP contribution in [-0.4, -0.2) is 0 Å². The van der Waals surface area contributed by atoms with E-state index in [0.717, 1.165) is 0 Å². The third-order valence-corrected chi connectivity index (χ3v) is 0. The third kappa shape index (κ3) is 187. The Morgan fingerprint density at radius 1 is 0.900 bits per heavy atom. The van der Waals surface area contributed by atoms with Gasteiger partial charge < -0.3 is 35.5 Å². The summed E-state index contributed by atoms with van der Waals surface area (Å²) in [4.78, 5) is 0. The Bertz CT molecular complexity index is 96.4. The van der Waals surface area contributed by atoms with Crippen LogP contribution in [0.15, 0.2) is 0 Å². The average Bonchev–Trinajstić information content (AvgIpc) is 2.01. The van der Waals surface area contributed by atoms with E-state index in [1.807, 2.05) is 0 Å². The molecular weight excluding hydrogens is 242 g/mol. The summed E-state index contributed by atoms with van der Waals surface area (Å²) in [7, 11) is 0. The van der Waals surface area contributed by atoms with Crippen molar-refractivity contribution >= 4 is 11.6 Å². The number of halogens is 1. The van der Waals surface area contributed by atoms with E-state index in [1.165, 1.54) is 5.53 Å². The first kappa shape index (κ1) is 36.7. The van der Waals surface area contributed by atoms with E-state index in [2.05, 4.69) is 11.6 Å². The van der Waals surface area contributed by atoms with Crippen LogP contribution in [0.3, 0.4) is 0 Å². The Kier molecular flexibility index (Phi) is 85100. The largest absolute Gasteiger partial charge is 3.00 e. The summed E-state index contributed by atoms with van der Waals surface area (Å²) in [5.74, 6) is 0. The fourth-order valence-corrected chi connectivity index (χ4v) is 0. The van der Waals surface area contributed by atoms with Gasteiger partial charge in [-0.3, -0.25) is 0 Å². The van der Waals surface area contributed by atoms with E-state index in [1.54, 1.807) is 0 Å². The summed E-state index contributed by atoms with van der Waals surface area (Å²) in [6.45, 7) is 14.2. The van der Waals surface area contributed by atoms with Crippen LogP contribution in [0.4, 0.5) is 0 Å². The molecule has 0 fully saturated rings. The Morgan fingerprint density at radius 3 is 0.900 bits per heavy atom. The van der Waals surface area contributed by atoms with Crippen molar-refractivity contribution in [1.82, 2.24) is 0 Å². The summed E-state index contributed by atoms with van der Waals surface area (Å²) in [5.41, 5.74) is 1.22. The number of nitrogens with zero attached hydrogens (tertiary/aromatic N) is 4. The molecule has 0 aromatic carbocycles.